The molecule has 0 aromatic heterocycles. The average molecular weight is 285 g/mol. The fraction of sp³-hybridized carbons (Fsp3) is 0.333. The van der Waals surface area contributed by atoms with Gasteiger partial charge in [-0.15, -0.1) is 0 Å². The van der Waals surface area contributed by atoms with E-state index in [4.69, 9.17) is 9.47 Å². The minimum atomic E-state index is 0.207. The Morgan fingerprint density at radius 1 is 0.810 bits per heavy atom. The van der Waals surface area contributed by atoms with Crippen LogP contribution in [0.4, 0.5) is 0 Å². The molecule has 1 N–H and O–H groups in total. The third-order valence-corrected chi connectivity index (χ3v) is 3.72. The standard InChI is InChI=1S/C18H23NO2/c1-13(15-9-11-16(20-3)12-10-15)19-14(2)17-7-5-6-8-18(17)21-4/h5-14,19H,1-4H3/t13?,14-/m1/s1. The number of nitrogens with one attached hydrogen (secondary N) is 1. The molecule has 2 rings (SSSR count). The Balaban J connectivity index is 2.08. The van der Waals surface area contributed by atoms with Gasteiger partial charge in [0.25, 0.3) is 0 Å². The number of benzene rings is 2. The van der Waals surface area contributed by atoms with Crippen molar-refractivity contribution >= 4 is 0 Å². The van der Waals surface area contributed by atoms with Crippen molar-refractivity contribution in [3.63, 3.8) is 0 Å². The molecular weight excluding hydrogens is 262 g/mol. The van der Waals surface area contributed by atoms with Crippen LogP contribution >= 0.6 is 0 Å². The first-order valence-electron chi connectivity index (χ1n) is 7.18. The van der Waals surface area contributed by atoms with E-state index < -0.39 is 0 Å². The molecule has 3 heteroatoms. The average Bonchev–Trinajstić information content (AvgIpc) is 2.54. The number of hydrogen-bond donors (Lipinski definition) is 1. The van der Waals surface area contributed by atoms with Gasteiger partial charge in [-0.25, -0.2) is 0 Å². The molecule has 0 fully saturated rings. The molecule has 0 aliphatic rings. The van der Waals surface area contributed by atoms with Crippen molar-refractivity contribution in [3.8, 4) is 11.5 Å². The highest BCUT2D eigenvalue weighted by Gasteiger charge is 2.14. The van der Waals surface area contributed by atoms with Gasteiger partial charge < -0.3 is 14.8 Å². The summed E-state index contributed by atoms with van der Waals surface area (Å²) in [6, 6.07) is 16.7. The largest absolute Gasteiger partial charge is 0.497 e. The molecular formula is C18H23NO2. The number of methoxy groups -OCH3 is 2. The van der Waals surface area contributed by atoms with Crippen LogP contribution < -0.4 is 14.8 Å². The smallest absolute Gasteiger partial charge is 0.123 e. The van der Waals surface area contributed by atoms with Gasteiger partial charge >= 0.3 is 0 Å². The molecule has 3 nitrogen and oxygen atoms in total. The first kappa shape index (κ1) is 15.4. The summed E-state index contributed by atoms with van der Waals surface area (Å²) >= 11 is 0. The van der Waals surface area contributed by atoms with Gasteiger partial charge in [-0.05, 0) is 37.6 Å². The molecule has 21 heavy (non-hydrogen) atoms. The Morgan fingerprint density at radius 3 is 2.10 bits per heavy atom. The number of para-hydroxylation sites is 1. The Morgan fingerprint density at radius 2 is 1.48 bits per heavy atom. The SMILES string of the molecule is COc1ccc(C(C)N[C@H](C)c2ccccc2OC)cc1. The van der Waals surface area contributed by atoms with Crippen LogP contribution in [0.25, 0.3) is 0 Å². The lowest BCUT2D eigenvalue weighted by atomic mass is 10.0. The zero-order valence-corrected chi connectivity index (χ0v) is 13.1. The molecule has 0 aliphatic carbocycles. The first-order chi connectivity index (χ1) is 10.2. The molecule has 1 unspecified atom stereocenters. The van der Waals surface area contributed by atoms with Crippen molar-refractivity contribution in [1.29, 1.82) is 0 Å². The summed E-state index contributed by atoms with van der Waals surface area (Å²) in [6.07, 6.45) is 0. The van der Waals surface area contributed by atoms with Gasteiger partial charge in [-0.3, -0.25) is 0 Å². The van der Waals surface area contributed by atoms with Crippen LogP contribution in [0.15, 0.2) is 48.5 Å². The normalized spacial score (nSPS) is 13.5. The lowest BCUT2D eigenvalue weighted by Gasteiger charge is -2.22. The number of rotatable bonds is 6. The summed E-state index contributed by atoms with van der Waals surface area (Å²) in [7, 11) is 3.39. The second-order valence-electron chi connectivity index (χ2n) is 5.13. The fourth-order valence-corrected chi connectivity index (χ4v) is 2.48. The minimum absolute atomic E-state index is 0.207. The van der Waals surface area contributed by atoms with Gasteiger partial charge in [0.2, 0.25) is 0 Å². The predicted octanol–water partition coefficient (Wildman–Crippen LogP) is 4.12. The van der Waals surface area contributed by atoms with Crippen LogP contribution in [0.2, 0.25) is 0 Å². The third kappa shape index (κ3) is 3.76. The van der Waals surface area contributed by atoms with Crippen LogP contribution in [0.3, 0.4) is 0 Å². The highest BCUT2D eigenvalue weighted by atomic mass is 16.5. The van der Waals surface area contributed by atoms with Crippen LogP contribution in [0.1, 0.15) is 37.1 Å². The van der Waals surface area contributed by atoms with E-state index in [2.05, 4.69) is 37.4 Å². The third-order valence-electron chi connectivity index (χ3n) is 3.72. The van der Waals surface area contributed by atoms with E-state index >= 15 is 0 Å². The Bertz CT molecular complexity index is 566. The van der Waals surface area contributed by atoms with Crippen molar-refractivity contribution in [2.24, 2.45) is 0 Å². The predicted molar refractivity (Wildman–Crippen MR) is 86.0 cm³/mol. The van der Waals surface area contributed by atoms with Crippen LogP contribution in [-0.2, 0) is 0 Å². The molecule has 2 aromatic rings. The lowest BCUT2D eigenvalue weighted by molar-refractivity contribution is 0.396. The van der Waals surface area contributed by atoms with E-state index in [0.717, 1.165) is 11.5 Å². The van der Waals surface area contributed by atoms with Crippen LogP contribution in [0, 0.1) is 0 Å². The van der Waals surface area contributed by atoms with E-state index in [1.54, 1.807) is 14.2 Å². The quantitative estimate of drug-likeness (QED) is 0.866. The van der Waals surface area contributed by atoms with E-state index in [-0.39, 0.29) is 12.1 Å². The monoisotopic (exact) mass is 285 g/mol. The second-order valence-corrected chi connectivity index (χ2v) is 5.13. The maximum absolute atomic E-state index is 5.43. The van der Waals surface area contributed by atoms with E-state index in [1.165, 1.54) is 11.1 Å². The van der Waals surface area contributed by atoms with Gasteiger partial charge in [0, 0.05) is 17.6 Å². The minimum Gasteiger partial charge on any atom is -0.497 e. The number of hydrogen-bond acceptors (Lipinski definition) is 3. The molecule has 2 aromatic carbocycles. The molecule has 0 bridgehead atoms. The van der Waals surface area contributed by atoms with Crippen molar-refractivity contribution in [1.82, 2.24) is 5.32 Å². The molecule has 0 spiro atoms. The Hall–Kier alpha value is -2.00. The molecule has 0 aliphatic heterocycles. The molecule has 2 atom stereocenters. The zero-order valence-electron chi connectivity index (χ0n) is 13.1. The summed E-state index contributed by atoms with van der Waals surface area (Å²) in [5.41, 5.74) is 2.40. The fourth-order valence-electron chi connectivity index (χ4n) is 2.48. The molecule has 0 heterocycles. The van der Waals surface area contributed by atoms with Gasteiger partial charge in [-0.2, -0.15) is 0 Å². The number of ether oxygens (including phenoxy) is 2. The lowest BCUT2D eigenvalue weighted by Crippen LogP contribution is -2.22. The van der Waals surface area contributed by atoms with Crippen molar-refractivity contribution in [2.45, 2.75) is 25.9 Å². The highest BCUT2D eigenvalue weighted by molar-refractivity contribution is 5.36. The van der Waals surface area contributed by atoms with E-state index in [0.29, 0.717) is 0 Å². The Labute approximate surface area is 126 Å². The maximum Gasteiger partial charge on any atom is 0.123 e. The zero-order chi connectivity index (χ0) is 15.2. The topological polar surface area (TPSA) is 30.5 Å². The maximum atomic E-state index is 5.43. The summed E-state index contributed by atoms with van der Waals surface area (Å²) in [4.78, 5) is 0. The molecule has 0 saturated carbocycles. The first-order valence-corrected chi connectivity index (χ1v) is 7.18. The van der Waals surface area contributed by atoms with E-state index in [9.17, 15) is 0 Å². The van der Waals surface area contributed by atoms with Gasteiger partial charge in [-0.1, -0.05) is 30.3 Å². The van der Waals surface area contributed by atoms with E-state index in [1.807, 2.05) is 30.3 Å². The van der Waals surface area contributed by atoms with Crippen molar-refractivity contribution in [3.05, 3.63) is 59.7 Å². The summed E-state index contributed by atoms with van der Waals surface area (Å²) in [6.45, 7) is 4.31. The molecule has 0 saturated heterocycles. The Kier molecular flexibility index (Phi) is 5.23. The van der Waals surface area contributed by atoms with Crippen molar-refractivity contribution in [2.75, 3.05) is 14.2 Å². The van der Waals surface area contributed by atoms with Crippen LogP contribution in [0.5, 0.6) is 11.5 Å². The van der Waals surface area contributed by atoms with Crippen LogP contribution in [-0.4, -0.2) is 14.2 Å². The van der Waals surface area contributed by atoms with Gasteiger partial charge in [0.05, 0.1) is 14.2 Å². The second kappa shape index (κ2) is 7.14. The molecule has 0 amide bonds. The summed E-state index contributed by atoms with van der Waals surface area (Å²) in [5, 5.41) is 3.60. The molecule has 112 valence electrons. The molecule has 0 radical (unpaired) electrons. The highest BCUT2D eigenvalue weighted by Crippen LogP contribution is 2.27. The summed E-state index contributed by atoms with van der Waals surface area (Å²) in [5.74, 6) is 1.79. The van der Waals surface area contributed by atoms with Gasteiger partial charge in [0.15, 0.2) is 0 Å². The summed E-state index contributed by atoms with van der Waals surface area (Å²) < 4.78 is 10.6. The van der Waals surface area contributed by atoms with Crippen molar-refractivity contribution < 1.29 is 9.47 Å². The van der Waals surface area contributed by atoms with Gasteiger partial charge in [0.1, 0.15) is 11.5 Å².